The van der Waals surface area contributed by atoms with Crippen LogP contribution in [-0.4, -0.2) is 12.8 Å². The van der Waals surface area contributed by atoms with Crippen molar-refractivity contribution in [1.29, 1.82) is 5.26 Å². The van der Waals surface area contributed by atoms with Crippen molar-refractivity contribution in [3.63, 3.8) is 0 Å². The third-order valence-electron chi connectivity index (χ3n) is 0.758. The quantitative estimate of drug-likeness (QED) is 0.399. The third kappa shape index (κ3) is 5.16. The fourth-order valence-electron chi connectivity index (χ4n) is 0.379. The summed E-state index contributed by atoms with van der Waals surface area (Å²) < 4.78 is 0. The molecule has 0 aliphatic carbocycles. The van der Waals surface area contributed by atoms with Gasteiger partial charge in [-0.15, -0.1) is 0 Å². The number of nitrogens with zero attached hydrogens (tertiary/aromatic N) is 2. The van der Waals surface area contributed by atoms with E-state index in [1.165, 1.54) is 0 Å². The van der Waals surface area contributed by atoms with Crippen LogP contribution in [-0.2, 0) is 0 Å². The SMILES string of the molecule is C/C=N\CCCC#N. The molecule has 0 saturated heterocycles. The van der Waals surface area contributed by atoms with Gasteiger partial charge in [0.05, 0.1) is 6.07 Å². The average Bonchev–Trinajstić information content (AvgIpc) is 1.81. The van der Waals surface area contributed by atoms with Crippen molar-refractivity contribution < 1.29 is 0 Å². The van der Waals surface area contributed by atoms with Gasteiger partial charge in [-0.05, 0) is 19.6 Å². The largest absolute Gasteiger partial charge is 0.298 e. The highest BCUT2D eigenvalue weighted by Gasteiger charge is 1.78. The molecule has 0 aromatic heterocycles. The Hall–Kier alpha value is -0.840. The molecule has 0 heterocycles. The van der Waals surface area contributed by atoms with Crippen LogP contribution in [0, 0.1) is 11.3 Å². The van der Waals surface area contributed by atoms with E-state index >= 15 is 0 Å². The van der Waals surface area contributed by atoms with Gasteiger partial charge in [-0.1, -0.05) is 0 Å². The van der Waals surface area contributed by atoms with Gasteiger partial charge in [0.25, 0.3) is 0 Å². The zero-order valence-corrected chi connectivity index (χ0v) is 5.09. The van der Waals surface area contributed by atoms with Crippen molar-refractivity contribution in [2.24, 2.45) is 4.99 Å². The van der Waals surface area contributed by atoms with Crippen LogP contribution in [0.25, 0.3) is 0 Å². The molecule has 0 rings (SSSR count). The van der Waals surface area contributed by atoms with Crippen LogP contribution < -0.4 is 0 Å². The molecule has 0 fully saturated rings. The summed E-state index contributed by atoms with van der Waals surface area (Å²) in [6, 6.07) is 2.05. The normalized spacial score (nSPS) is 9.50. The molecule has 0 radical (unpaired) electrons. The van der Waals surface area contributed by atoms with Gasteiger partial charge in [0.2, 0.25) is 0 Å². The van der Waals surface area contributed by atoms with E-state index < -0.39 is 0 Å². The van der Waals surface area contributed by atoms with Gasteiger partial charge in [-0.3, -0.25) is 4.99 Å². The summed E-state index contributed by atoms with van der Waals surface area (Å²) in [5.41, 5.74) is 0. The number of aliphatic imine (C=N–C) groups is 1. The molecule has 0 amide bonds. The van der Waals surface area contributed by atoms with Gasteiger partial charge < -0.3 is 0 Å². The number of nitriles is 1. The minimum atomic E-state index is 0.622. The van der Waals surface area contributed by atoms with E-state index in [9.17, 15) is 0 Å². The predicted octanol–water partition coefficient (Wildman–Crippen LogP) is 1.38. The molecule has 0 aromatic carbocycles. The minimum absolute atomic E-state index is 0.622. The van der Waals surface area contributed by atoms with Gasteiger partial charge in [-0.25, -0.2) is 0 Å². The molecule has 44 valence electrons. The molecule has 0 N–H and O–H groups in total. The zero-order chi connectivity index (χ0) is 6.24. The molecule has 0 aromatic rings. The summed E-state index contributed by atoms with van der Waals surface area (Å²) in [7, 11) is 0. The van der Waals surface area contributed by atoms with E-state index in [0.29, 0.717) is 6.42 Å². The third-order valence-corrected chi connectivity index (χ3v) is 0.758. The smallest absolute Gasteiger partial charge is 0.0622 e. The van der Waals surface area contributed by atoms with E-state index in [-0.39, 0.29) is 0 Å². The van der Waals surface area contributed by atoms with Crippen molar-refractivity contribution in [3.05, 3.63) is 0 Å². The molecule has 2 heteroatoms. The van der Waals surface area contributed by atoms with E-state index in [4.69, 9.17) is 5.26 Å². The van der Waals surface area contributed by atoms with Crippen molar-refractivity contribution in [1.82, 2.24) is 0 Å². The van der Waals surface area contributed by atoms with Gasteiger partial charge >= 0.3 is 0 Å². The minimum Gasteiger partial charge on any atom is -0.298 e. The first-order chi connectivity index (χ1) is 3.91. The monoisotopic (exact) mass is 110 g/mol. The second-order valence-corrected chi connectivity index (χ2v) is 1.43. The lowest BCUT2D eigenvalue weighted by molar-refractivity contribution is 0.865. The molecule has 2 nitrogen and oxygen atoms in total. The Morgan fingerprint density at radius 1 is 1.75 bits per heavy atom. The molecule has 0 bridgehead atoms. The van der Waals surface area contributed by atoms with Crippen LogP contribution in [0.1, 0.15) is 19.8 Å². The molecular formula is C6H10N2. The maximum absolute atomic E-state index is 8.06. The van der Waals surface area contributed by atoms with Crippen molar-refractivity contribution in [3.8, 4) is 6.07 Å². The number of hydrogen-bond acceptors (Lipinski definition) is 2. The van der Waals surface area contributed by atoms with Gasteiger partial charge in [0.15, 0.2) is 0 Å². The zero-order valence-electron chi connectivity index (χ0n) is 5.09. The van der Waals surface area contributed by atoms with E-state index in [1.54, 1.807) is 6.21 Å². The first-order valence-electron chi connectivity index (χ1n) is 2.73. The molecular weight excluding hydrogens is 100 g/mol. The van der Waals surface area contributed by atoms with E-state index in [1.807, 2.05) is 6.92 Å². The standard InChI is InChI=1S/C6H10N2/c1-2-8-6-4-3-5-7/h2H,3-4,6H2,1H3/b8-2-. The summed E-state index contributed by atoms with van der Waals surface area (Å²) in [6.07, 6.45) is 3.27. The first-order valence-corrected chi connectivity index (χ1v) is 2.73. The van der Waals surface area contributed by atoms with Gasteiger partial charge in [0, 0.05) is 13.0 Å². The summed E-state index contributed by atoms with van der Waals surface area (Å²) in [6.45, 7) is 2.68. The number of rotatable bonds is 3. The highest BCUT2D eigenvalue weighted by atomic mass is 14.7. The molecule has 0 spiro atoms. The lowest BCUT2D eigenvalue weighted by atomic mass is 10.3. The maximum Gasteiger partial charge on any atom is 0.0622 e. The van der Waals surface area contributed by atoms with E-state index in [0.717, 1.165) is 13.0 Å². The van der Waals surface area contributed by atoms with E-state index in [2.05, 4.69) is 11.1 Å². The van der Waals surface area contributed by atoms with Crippen molar-refractivity contribution >= 4 is 6.21 Å². The highest BCUT2D eigenvalue weighted by Crippen LogP contribution is 1.84. The maximum atomic E-state index is 8.06. The fourth-order valence-corrected chi connectivity index (χ4v) is 0.379. The Balaban J connectivity index is 2.85. The summed E-state index contributed by atoms with van der Waals surface area (Å²) in [5, 5.41) is 8.06. The van der Waals surface area contributed by atoms with Crippen LogP contribution in [0.5, 0.6) is 0 Å². The highest BCUT2D eigenvalue weighted by molar-refractivity contribution is 5.53. The molecule has 0 saturated carbocycles. The lowest BCUT2D eigenvalue weighted by Crippen LogP contribution is -1.77. The number of unbranched alkanes of at least 4 members (excludes halogenated alkanes) is 1. The summed E-state index contributed by atoms with van der Waals surface area (Å²) in [5.74, 6) is 0. The number of hydrogen-bond donors (Lipinski definition) is 0. The Labute approximate surface area is 49.9 Å². The Kier molecular flexibility index (Phi) is 5.51. The Bertz CT molecular complexity index is 99.6. The van der Waals surface area contributed by atoms with Crippen LogP contribution in [0.15, 0.2) is 4.99 Å². The average molecular weight is 110 g/mol. The molecule has 0 aliphatic rings. The predicted molar refractivity (Wildman–Crippen MR) is 33.9 cm³/mol. The van der Waals surface area contributed by atoms with Gasteiger partial charge in [-0.2, -0.15) is 5.26 Å². The van der Waals surface area contributed by atoms with Crippen LogP contribution in [0.3, 0.4) is 0 Å². The fraction of sp³-hybridized carbons (Fsp3) is 0.667. The molecule has 8 heavy (non-hydrogen) atoms. The Morgan fingerprint density at radius 2 is 2.50 bits per heavy atom. The van der Waals surface area contributed by atoms with Crippen LogP contribution >= 0.6 is 0 Å². The van der Waals surface area contributed by atoms with Crippen LogP contribution in [0.4, 0.5) is 0 Å². The summed E-state index contributed by atoms with van der Waals surface area (Å²) >= 11 is 0. The second kappa shape index (κ2) is 6.16. The first kappa shape index (κ1) is 7.16. The second-order valence-electron chi connectivity index (χ2n) is 1.43. The van der Waals surface area contributed by atoms with Gasteiger partial charge in [0.1, 0.15) is 0 Å². The summed E-state index contributed by atoms with van der Waals surface area (Å²) in [4.78, 5) is 3.93. The molecule has 0 atom stereocenters. The molecule has 0 unspecified atom stereocenters. The Morgan fingerprint density at radius 3 is 3.00 bits per heavy atom. The van der Waals surface area contributed by atoms with Crippen LogP contribution in [0.2, 0.25) is 0 Å². The van der Waals surface area contributed by atoms with Crippen molar-refractivity contribution in [2.45, 2.75) is 19.8 Å². The molecule has 0 aliphatic heterocycles. The lowest BCUT2D eigenvalue weighted by Gasteiger charge is -1.83. The van der Waals surface area contributed by atoms with Crippen molar-refractivity contribution in [2.75, 3.05) is 6.54 Å². The topological polar surface area (TPSA) is 36.1 Å².